The molecular formula is C46H42CaO10S2. The van der Waals surface area contributed by atoms with Gasteiger partial charge in [0.2, 0.25) is 0 Å². The first-order chi connectivity index (χ1) is 28.1. The molecule has 4 aromatic carbocycles. The molecule has 2 fully saturated rings. The van der Waals surface area contributed by atoms with Crippen molar-refractivity contribution in [3.05, 3.63) is 153 Å². The number of carbonyl (C=O) groups is 2. The topological polar surface area (TPSA) is 136 Å². The minimum Gasteiger partial charge on any atom is -0.548 e. The van der Waals surface area contributed by atoms with Gasteiger partial charge in [0.25, 0.3) is 0 Å². The van der Waals surface area contributed by atoms with E-state index in [1.807, 2.05) is 72.8 Å². The fraction of sp³-hybridized carbons (Fsp3) is 0.261. The first-order valence-corrected chi connectivity index (χ1v) is 20.4. The average molecular weight is 859 g/mol. The van der Waals surface area contributed by atoms with Gasteiger partial charge in [-0.25, -0.2) is 0 Å². The van der Waals surface area contributed by atoms with Crippen molar-refractivity contribution in [3.63, 3.8) is 0 Å². The van der Waals surface area contributed by atoms with Crippen molar-refractivity contribution < 1.29 is 48.2 Å². The van der Waals surface area contributed by atoms with Crippen LogP contribution in [0, 0.1) is 13.8 Å². The largest absolute Gasteiger partial charge is 2.00 e. The van der Waals surface area contributed by atoms with Gasteiger partial charge in [0.15, 0.2) is 0 Å². The summed E-state index contributed by atoms with van der Waals surface area (Å²) in [6, 6.07) is 36.1. The number of carboxylic acid groups (broad SMARTS) is 2. The summed E-state index contributed by atoms with van der Waals surface area (Å²) in [6.07, 6.45) is 0. The molecular weight excluding hydrogens is 817 g/mol. The van der Waals surface area contributed by atoms with Crippen molar-refractivity contribution in [3.8, 4) is 32.4 Å². The molecule has 0 saturated carbocycles. The van der Waals surface area contributed by atoms with Gasteiger partial charge in [0.1, 0.15) is 35.9 Å². The maximum atomic E-state index is 10.7. The number of ether oxygens (including phenoxy) is 6. The first kappa shape index (κ1) is 44.5. The van der Waals surface area contributed by atoms with E-state index >= 15 is 0 Å². The summed E-state index contributed by atoms with van der Waals surface area (Å²) in [4.78, 5) is 23.9. The minimum atomic E-state index is -1.24. The maximum absolute atomic E-state index is 10.7. The van der Waals surface area contributed by atoms with Gasteiger partial charge in [-0.3, -0.25) is 0 Å². The molecule has 2 aromatic heterocycles. The monoisotopic (exact) mass is 858 g/mol. The van der Waals surface area contributed by atoms with Crippen molar-refractivity contribution in [2.75, 3.05) is 39.6 Å². The Morgan fingerprint density at radius 1 is 0.593 bits per heavy atom. The van der Waals surface area contributed by atoms with Crippen LogP contribution in [0.2, 0.25) is 0 Å². The number of aliphatic carboxylic acids is 2. The molecule has 2 aliphatic rings. The fourth-order valence-electron chi connectivity index (χ4n) is 6.47. The zero-order chi connectivity index (χ0) is 40.5. The molecule has 13 heteroatoms. The molecule has 10 nitrogen and oxygen atoms in total. The van der Waals surface area contributed by atoms with Crippen LogP contribution in [-0.4, -0.2) is 89.3 Å². The Morgan fingerprint density at radius 2 is 0.983 bits per heavy atom. The van der Waals surface area contributed by atoms with Gasteiger partial charge >= 0.3 is 37.7 Å². The molecule has 0 atom stereocenters. The van der Waals surface area contributed by atoms with Crippen LogP contribution in [0.1, 0.15) is 33.4 Å². The van der Waals surface area contributed by atoms with E-state index in [1.54, 1.807) is 22.7 Å². The fourth-order valence-corrected chi connectivity index (χ4v) is 8.27. The van der Waals surface area contributed by atoms with E-state index in [0.717, 1.165) is 33.8 Å². The molecule has 2 saturated heterocycles. The van der Waals surface area contributed by atoms with Gasteiger partial charge in [-0.1, -0.05) is 60.7 Å². The van der Waals surface area contributed by atoms with E-state index < -0.39 is 36.4 Å². The number of carbonyl (C=O) groups excluding carboxylic acids is 2. The smallest absolute Gasteiger partial charge is 0.548 e. The summed E-state index contributed by atoms with van der Waals surface area (Å²) < 4.78 is 33.4. The Labute approximate surface area is 381 Å². The zero-order valence-electron chi connectivity index (χ0n) is 32.8. The van der Waals surface area contributed by atoms with Gasteiger partial charge in [-0.05, 0) is 118 Å². The Balaban J connectivity index is 0.000000195. The van der Waals surface area contributed by atoms with Crippen LogP contribution in [0.3, 0.4) is 0 Å². The van der Waals surface area contributed by atoms with Crippen molar-refractivity contribution in [2.24, 2.45) is 0 Å². The van der Waals surface area contributed by atoms with E-state index in [-0.39, 0.29) is 37.7 Å². The van der Waals surface area contributed by atoms with Gasteiger partial charge in [0.05, 0.1) is 51.6 Å². The van der Waals surface area contributed by atoms with Crippen molar-refractivity contribution in [1.82, 2.24) is 0 Å². The second kappa shape index (κ2) is 20.5. The van der Waals surface area contributed by atoms with Crippen LogP contribution in [0.5, 0.6) is 11.5 Å². The summed E-state index contributed by atoms with van der Waals surface area (Å²) in [6.45, 7) is 5.53. The van der Waals surface area contributed by atoms with Crippen LogP contribution in [0.25, 0.3) is 20.9 Å². The van der Waals surface area contributed by atoms with Crippen LogP contribution >= 0.6 is 22.7 Å². The molecule has 0 spiro atoms. The Kier molecular flexibility index (Phi) is 15.4. The molecule has 2 aliphatic heterocycles. The molecule has 0 unspecified atom stereocenters. The summed E-state index contributed by atoms with van der Waals surface area (Å²) in [5.41, 5.74) is 7.41. The standard InChI is InChI=1S/2C23H22O5S.Ca/c2*1-16-9-21(29-13-16)18-4-2-3-17(10-18)11-27-20-7-5-19(6-8-20)23(14-26-15-23)28-12-22(24)25;/h2*2-10,13H,11-12,14-15H2,1H3,(H,24,25);/q;;+2/p-2. The molecule has 0 radical (unpaired) electrons. The van der Waals surface area contributed by atoms with Crippen LogP contribution in [0.15, 0.2) is 120 Å². The number of hydrogen-bond donors (Lipinski definition) is 0. The number of benzene rings is 4. The van der Waals surface area contributed by atoms with Gasteiger partial charge < -0.3 is 48.2 Å². The summed E-state index contributed by atoms with van der Waals surface area (Å²) in [5, 5.41) is 25.7. The third-order valence-electron chi connectivity index (χ3n) is 9.73. The zero-order valence-corrected chi connectivity index (χ0v) is 36.7. The third-order valence-corrected chi connectivity index (χ3v) is 11.9. The Morgan fingerprint density at radius 3 is 1.29 bits per heavy atom. The number of aryl methyl sites for hydroxylation is 2. The predicted octanol–water partition coefficient (Wildman–Crippen LogP) is 6.21. The van der Waals surface area contributed by atoms with E-state index in [4.69, 9.17) is 28.4 Å². The molecule has 6 aromatic rings. The molecule has 300 valence electrons. The molecule has 0 bridgehead atoms. The average Bonchev–Trinajstić information content (AvgIpc) is 3.84. The molecule has 0 amide bonds. The molecule has 8 rings (SSSR count). The summed E-state index contributed by atoms with van der Waals surface area (Å²) >= 11 is 3.48. The SMILES string of the molecule is Cc1csc(-c2cccc(COc3ccc(C4(OCC(=O)[O-])COC4)cc3)c2)c1.Cc1csc(-c2cccc(COc3ccc(C4(OCC(=O)[O-])COC4)cc3)c2)c1.[Ca+2]. The van der Waals surface area contributed by atoms with Crippen LogP contribution < -0.4 is 19.7 Å². The van der Waals surface area contributed by atoms with Crippen LogP contribution in [0.4, 0.5) is 0 Å². The van der Waals surface area contributed by atoms with E-state index in [0.29, 0.717) is 39.6 Å². The summed E-state index contributed by atoms with van der Waals surface area (Å²) in [5.74, 6) is -1.00. The van der Waals surface area contributed by atoms with E-state index in [2.05, 4.69) is 61.0 Å². The predicted molar refractivity (Wildman–Crippen MR) is 223 cm³/mol. The maximum Gasteiger partial charge on any atom is 2.00 e. The van der Waals surface area contributed by atoms with E-state index in [9.17, 15) is 19.8 Å². The second-order valence-corrected chi connectivity index (χ2v) is 16.1. The normalized spacial score (nSPS) is 14.7. The third kappa shape index (κ3) is 11.6. The molecule has 59 heavy (non-hydrogen) atoms. The first-order valence-electron chi connectivity index (χ1n) is 18.7. The quantitative estimate of drug-likeness (QED) is 0.104. The number of thiophene rings is 2. The molecule has 0 N–H and O–H groups in total. The summed E-state index contributed by atoms with van der Waals surface area (Å²) in [7, 11) is 0. The van der Waals surface area contributed by atoms with Crippen molar-refractivity contribution in [2.45, 2.75) is 38.3 Å². The number of rotatable bonds is 16. The molecule has 0 aliphatic carbocycles. The Bertz CT molecular complexity index is 2150. The molecule has 4 heterocycles. The van der Waals surface area contributed by atoms with Crippen LogP contribution in [-0.2, 0) is 53.0 Å². The number of carboxylic acids is 2. The van der Waals surface area contributed by atoms with Gasteiger partial charge in [0, 0.05) is 9.75 Å². The minimum absolute atomic E-state index is 0. The Hall–Kier alpha value is -4.08. The second-order valence-electron chi connectivity index (χ2n) is 14.3. The van der Waals surface area contributed by atoms with E-state index in [1.165, 1.54) is 32.0 Å². The van der Waals surface area contributed by atoms with Crippen molar-refractivity contribution in [1.29, 1.82) is 0 Å². The van der Waals surface area contributed by atoms with Crippen molar-refractivity contribution >= 4 is 72.4 Å². The van der Waals surface area contributed by atoms with Gasteiger partial charge in [-0.2, -0.15) is 0 Å². The van der Waals surface area contributed by atoms with Gasteiger partial charge in [-0.15, -0.1) is 22.7 Å². The number of hydrogen-bond acceptors (Lipinski definition) is 12.